The molecule has 1 aliphatic carbocycles. The molecule has 0 unspecified atom stereocenters. The quantitative estimate of drug-likeness (QED) is 0.672. The van der Waals surface area contributed by atoms with E-state index in [1.807, 2.05) is 0 Å². The Morgan fingerprint density at radius 2 is 1.80 bits per heavy atom. The van der Waals surface area contributed by atoms with Gasteiger partial charge < -0.3 is 16.2 Å². The van der Waals surface area contributed by atoms with E-state index < -0.39 is 29.4 Å². The molecule has 0 aromatic carbocycles. The van der Waals surface area contributed by atoms with Gasteiger partial charge in [0.25, 0.3) is 5.56 Å². The van der Waals surface area contributed by atoms with Gasteiger partial charge in [0.2, 0.25) is 0 Å². The minimum atomic E-state index is -5.08. The normalized spacial score (nSPS) is 20.2. The minimum Gasteiger partial charge on any atom is -0.475 e. The van der Waals surface area contributed by atoms with E-state index in [4.69, 9.17) is 15.6 Å². The van der Waals surface area contributed by atoms with E-state index in [1.54, 1.807) is 0 Å². The maximum Gasteiger partial charge on any atom is 0.490 e. The lowest BCUT2D eigenvalue weighted by Gasteiger charge is -2.34. The molecule has 1 aromatic rings. The zero-order valence-electron chi connectivity index (χ0n) is 12.6. The molecular formula is C12H14F6N4O3. The molecule has 25 heavy (non-hydrogen) atoms. The number of nitrogens with one attached hydrogen (secondary N) is 1. The largest absolute Gasteiger partial charge is 0.490 e. The smallest absolute Gasteiger partial charge is 0.475 e. The number of anilines is 1. The number of aryl methyl sites for hydroxylation is 1. The Bertz CT molecular complexity index is 679. The van der Waals surface area contributed by atoms with Crippen LogP contribution in [0.5, 0.6) is 0 Å². The fraction of sp³-hybridized carbons (Fsp3) is 0.583. The molecule has 0 atom stereocenters. The number of hydrogen-bond acceptors (Lipinski definition) is 5. The van der Waals surface area contributed by atoms with Gasteiger partial charge in [-0.3, -0.25) is 4.79 Å². The molecule has 0 amide bonds. The van der Waals surface area contributed by atoms with Crippen molar-refractivity contribution in [1.82, 2.24) is 9.78 Å². The van der Waals surface area contributed by atoms with Gasteiger partial charge in [-0.25, -0.2) is 9.48 Å². The SMILES string of the molecule is Cn1ncc(NC2CC(N)C2)c(C(F)(F)F)c1=O.O=C(O)C(F)(F)F. The van der Waals surface area contributed by atoms with E-state index in [1.165, 1.54) is 7.05 Å². The molecule has 0 spiro atoms. The first-order chi connectivity index (χ1) is 11.2. The number of rotatable bonds is 2. The van der Waals surface area contributed by atoms with Crippen LogP contribution in [0.2, 0.25) is 0 Å². The number of aromatic nitrogens is 2. The second-order valence-corrected chi connectivity index (χ2v) is 5.24. The van der Waals surface area contributed by atoms with E-state index >= 15 is 0 Å². The van der Waals surface area contributed by atoms with Gasteiger partial charge in [-0.05, 0) is 12.8 Å². The molecule has 1 fully saturated rings. The summed E-state index contributed by atoms with van der Waals surface area (Å²) >= 11 is 0. The average Bonchev–Trinajstić information content (AvgIpc) is 2.39. The van der Waals surface area contributed by atoms with Crippen LogP contribution >= 0.6 is 0 Å². The van der Waals surface area contributed by atoms with E-state index in [2.05, 4.69) is 10.4 Å². The first-order valence-electron chi connectivity index (χ1n) is 6.69. The van der Waals surface area contributed by atoms with Crippen LogP contribution < -0.4 is 16.6 Å². The highest BCUT2D eigenvalue weighted by atomic mass is 19.4. The zero-order chi connectivity index (χ0) is 19.6. The lowest BCUT2D eigenvalue weighted by molar-refractivity contribution is -0.192. The molecule has 4 N–H and O–H groups in total. The van der Waals surface area contributed by atoms with Gasteiger partial charge in [0, 0.05) is 19.1 Å². The van der Waals surface area contributed by atoms with Crippen molar-refractivity contribution in [3.8, 4) is 0 Å². The maximum absolute atomic E-state index is 12.8. The fourth-order valence-electron chi connectivity index (χ4n) is 1.92. The molecule has 0 radical (unpaired) electrons. The third-order valence-electron chi connectivity index (χ3n) is 3.20. The number of nitrogens with zero attached hydrogens (tertiary/aromatic N) is 2. The van der Waals surface area contributed by atoms with Gasteiger partial charge in [0.1, 0.15) is 5.56 Å². The molecule has 7 nitrogen and oxygen atoms in total. The van der Waals surface area contributed by atoms with Gasteiger partial charge in [0.15, 0.2) is 0 Å². The van der Waals surface area contributed by atoms with Crippen LogP contribution in [0, 0.1) is 0 Å². The molecule has 1 aromatic heterocycles. The molecular weight excluding hydrogens is 362 g/mol. The number of carbonyl (C=O) groups is 1. The number of hydrogen-bond donors (Lipinski definition) is 3. The van der Waals surface area contributed by atoms with E-state index in [-0.39, 0.29) is 17.8 Å². The van der Waals surface area contributed by atoms with Crippen molar-refractivity contribution in [2.75, 3.05) is 5.32 Å². The van der Waals surface area contributed by atoms with Crippen LogP contribution in [0.4, 0.5) is 32.0 Å². The predicted octanol–water partition coefficient (Wildman–Crippen LogP) is 1.33. The van der Waals surface area contributed by atoms with Crippen molar-refractivity contribution >= 4 is 11.7 Å². The molecule has 1 heterocycles. The summed E-state index contributed by atoms with van der Waals surface area (Å²) in [5, 5.41) is 13.4. The van der Waals surface area contributed by atoms with Crippen molar-refractivity contribution in [3.05, 3.63) is 22.1 Å². The second kappa shape index (κ2) is 7.29. The third-order valence-corrected chi connectivity index (χ3v) is 3.20. The Kier molecular flexibility index (Phi) is 6.05. The van der Waals surface area contributed by atoms with Crippen LogP contribution in [0.3, 0.4) is 0 Å². The van der Waals surface area contributed by atoms with Crippen molar-refractivity contribution < 1.29 is 36.2 Å². The number of carboxylic acids is 1. The summed E-state index contributed by atoms with van der Waals surface area (Å²) in [4.78, 5) is 20.4. The highest BCUT2D eigenvalue weighted by molar-refractivity contribution is 5.73. The molecule has 142 valence electrons. The molecule has 2 rings (SSSR count). The number of halogens is 6. The summed E-state index contributed by atoms with van der Waals surface area (Å²) in [6.45, 7) is 0. The first-order valence-corrected chi connectivity index (χ1v) is 6.69. The van der Waals surface area contributed by atoms with Crippen LogP contribution in [0.25, 0.3) is 0 Å². The summed E-state index contributed by atoms with van der Waals surface area (Å²) < 4.78 is 70.9. The molecule has 0 saturated heterocycles. The van der Waals surface area contributed by atoms with Gasteiger partial charge in [-0.15, -0.1) is 0 Å². The summed E-state index contributed by atoms with van der Waals surface area (Å²) in [7, 11) is 1.18. The van der Waals surface area contributed by atoms with Crippen molar-refractivity contribution in [2.45, 2.75) is 37.3 Å². The van der Waals surface area contributed by atoms with Crippen molar-refractivity contribution in [3.63, 3.8) is 0 Å². The molecule has 0 aliphatic heterocycles. The fourth-order valence-corrected chi connectivity index (χ4v) is 1.92. The standard InChI is InChI=1S/C10H13F3N4O.C2HF3O2/c1-17-9(18)8(10(11,12)13)7(4-15-17)16-6-2-5(14)3-6;3-2(4,5)1(6)7/h4-6,16H,2-3,14H2,1H3;(H,6,7). The Balaban J connectivity index is 0.000000381. The number of aliphatic carboxylic acids is 1. The Morgan fingerprint density at radius 3 is 2.16 bits per heavy atom. The lowest BCUT2D eigenvalue weighted by atomic mass is 9.87. The lowest BCUT2D eigenvalue weighted by Crippen LogP contribution is -2.45. The Morgan fingerprint density at radius 1 is 1.32 bits per heavy atom. The minimum absolute atomic E-state index is 0.0105. The number of nitrogens with two attached hydrogens (primary N) is 1. The number of alkyl halides is 6. The van der Waals surface area contributed by atoms with Gasteiger partial charge in [-0.2, -0.15) is 31.4 Å². The van der Waals surface area contributed by atoms with E-state index in [9.17, 15) is 31.1 Å². The third kappa shape index (κ3) is 5.62. The number of carboxylic acid groups (broad SMARTS) is 1. The van der Waals surface area contributed by atoms with Crippen molar-refractivity contribution in [2.24, 2.45) is 12.8 Å². The highest BCUT2D eigenvalue weighted by Crippen LogP contribution is 2.33. The topological polar surface area (TPSA) is 110 Å². The van der Waals surface area contributed by atoms with Crippen LogP contribution in [0.15, 0.2) is 11.0 Å². The summed E-state index contributed by atoms with van der Waals surface area (Å²) in [6, 6.07) is -0.119. The molecule has 1 saturated carbocycles. The van der Waals surface area contributed by atoms with Crippen LogP contribution in [-0.4, -0.2) is 39.1 Å². The van der Waals surface area contributed by atoms with E-state index in [0.29, 0.717) is 17.5 Å². The van der Waals surface area contributed by atoms with Crippen LogP contribution in [-0.2, 0) is 18.0 Å². The van der Waals surface area contributed by atoms with Gasteiger partial charge >= 0.3 is 18.3 Å². The molecule has 0 bridgehead atoms. The monoisotopic (exact) mass is 376 g/mol. The second-order valence-electron chi connectivity index (χ2n) is 5.24. The summed E-state index contributed by atoms with van der Waals surface area (Å²) in [5.41, 5.74) is 2.92. The van der Waals surface area contributed by atoms with Gasteiger partial charge in [-0.1, -0.05) is 0 Å². The highest BCUT2D eigenvalue weighted by Gasteiger charge is 2.39. The summed E-state index contributed by atoms with van der Waals surface area (Å²) in [6.07, 6.45) is -7.58. The van der Waals surface area contributed by atoms with Gasteiger partial charge in [0.05, 0.1) is 11.9 Å². The molecule has 1 aliphatic rings. The molecule has 13 heteroatoms. The van der Waals surface area contributed by atoms with E-state index in [0.717, 1.165) is 6.20 Å². The average molecular weight is 376 g/mol. The summed E-state index contributed by atoms with van der Waals surface area (Å²) in [5.74, 6) is -2.76. The van der Waals surface area contributed by atoms with Crippen molar-refractivity contribution in [1.29, 1.82) is 0 Å². The first kappa shape index (κ1) is 20.7. The Labute approximate surface area is 136 Å². The van der Waals surface area contributed by atoms with Crippen LogP contribution in [0.1, 0.15) is 18.4 Å². The Hall–Kier alpha value is -2.31. The zero-order valence-corrected chi connectivity index (χ0v) is 12.6. The maximum atomic E-state index is 12.8. The predicted molar refractivity (Wildman–Crippen MR) is 72.8 cm³/mol.